The maximum Gasteiger partial charge on any atom is 0.0555 e. The van der Waals surface area contributed by atoms with E-state index >= 15 is 0 Å². The lowest BCUT2D eigenvalue weighted by molar-refractivity contribution is 1.02. The van der Waals surface area contributed by atoms with Gasteiger partial charge in [0.25, 0.3) is 0 Å². The second-order valence-electron chi connectivity index (χ2n) is 4.41. The number of halogens is 2. The third kappa shape index (κ3) is 4.77. The van der Waals surface area contributed by atoms with Crippen molar-refractivity contribution in [2.24, 2.45) is 0 Å². The van der Waals surface area contributed by atoms with Crippen LogP contribution in [0, 0.1) is 0 Å². The molecule has 0 saturated carbocycles. The molecule has 0 bridgehead atoms. The third-order valence-corrected chi connectivity index (χ3v) is 5.53. The molecule has 2 aromatic rings. The van der Waals surface area contributed by atoms with Crippen LogP contribution in [0.2, 0.25) is 0 Å². The van der Waals surface area contributed by atoms with Crippen molar-refractivity contribution in [3.63, 3.8) is 0 Å². The minimum Gasteiger partial charge on any atom is -0.0829 e. The maximum absolute atomic E-state index is 3.73. The molecule has 0 fully saturated rings. The normalized spacial score (nSPS) is 14.7. The molecule has 102 valence electrons. The zero-order chi connectivity index (χ0) is 14.2. The zero-order valence-electron chi connectivity index (χ0n) is 11.0. The fraction of sp³-hybridized carbons (Fsp3) is 0.111. The minimum atomic E-state index is 0.255. The summed E-state index contributed by atoms with van der Waals surface area (Å²) in [6, 6.07) is 20.7. The molecule has 2 atom stereocenters. The molecule has 0 aliphatic carbocycles. The second kappa shape index (κ2) is 8.23. The molecule has 0 N–H and O–H groups in total. The quantitative estimate of drug-likeness (QED) is 0.423. The molecule has 0 aliphatic heterocycles. The topological polar surface area (TPSA) is 0 Å². The molecule has 0 aliphatic rings. The SMILES string of the molecule is BrC(/C=C/C=C/c1ccccc1)C(Br)c1ccccc1. The van der Waals surface area contributed by atoms with Gasteiger partial charge in [-0.15, -0.1) is 0 Å². The van der Waals surface area contributed by atoms with E-state index in [1.54, 1.807) is 0 Å². The lowest BCUT2D eigenvalue weighted by Gasteiger charge is -2.13. The summed E-state index contributed by atoms with van der Waals surface area (Å²) in [4.78, 5) is 0.524. The van der Waals surface area contributed by atoms with Gasteiger partial charge in [0, 0.05) is 4.83 Å². The Morgan fingerprint density at radius 1 is 0.750 bits per heavy atom. The van der Waals surface area contributed by atoms with Crippen molar-refractivity contribution in [3.8, 4) is 0 Å². The van der Waals surface area contributed by atoms with E-state index in [0.717, 1.165) is 0 Å². The number of alkyl halides is 2. The first-order valence-corrected chi connectivity index (χ1v) is 8.33. The Balaban J connectivity index is 1.92. The van der Waals surface area contributed by atoms with Crippen LogP contribution in [0.1, 0.15) is 16.0 Å². The van der Waals surface area contributed by atoms with Crippen LogP contribution in [0.5, 0.6) is 0 Å². The molecule has 0 spiro atoms. The number of allylic oxidation sites excluding steroid dienone is 3. The van der Waals surface area contributed by atoms with Gasteiger partial charge in [-0.3, -0.25) is 0 Å². The van der Waals surface area contributed by atoms with Crippen molar-refractivity contribution in [2.45, 2.75) is 9.65 Å². The van der Waals surface area contributed by atoms with Crippen LogP contribution < -0.4 is 0 Å². The van der Waals surface area contributed by atoms with E-state index in [-0.39, 0.29) is 9.65 Å². The van der Waals surface area contributed by atoms with Crippen molar-refractivity contribution in [1.29, 1.82) is 0 Å². The first-order chi connectivity index (χ1) is 9.77. The second-order valence-corrected chi connectivity index (χ2v) is 6.46. The van der Waals surface area contributed by atoms with Gasteiger partial charge in [0.1, 0.15) is 0 Å². The van der Waals surface area contributed by atoms with Crippen LogP contribution in [0.15, 0.2) is 78.9 Å². The molecule has 20 heavy (non-hydrogen) atoms. The summed E-state index contributed by atoms with van der Waals surface area (Å²) in [5.74, 6) is 0. The van der Waals surface area contributed by atoms with Crippen molar-refractivity contribution in [3.05, 3.63) is 90.0 Å². The van der Waals surface area contributed by atoms with Gasteiger partial charge in [-0.2, -0.15) is 0 Å². The number of hydrogen-bond acceptors (Lipinski definition) is 0. The summed E-state index contributed by atoms with van der Waals surface area (Å²) >= 11 is 7.43. The summed E-state index contributed by atoms with van der Waals surface area (Å²) in [7, 11) is 0. The third-order valence-electron chi connectivity index (χ3n) is 2.89. The van der Waals surface area contributed by atoms with Gasteiger partial charge in [0.2, 0.25) is 0 Å². The lowest BCUT2D eigenvalue weighted by atomic mass is 10.1. The Bertz CT molecular complexity index is 558. The Morgan fingerprint density at radius 2 is 1.35 bits per heavy atom. The number of rotatable bonds is 5. The summed E-state index contributed by atoms with van der Waals surface area (Å²) in [6.45, 7) is 0. The van der Waals surface area contributed by atoms with Crippen molar-refractivity contribution in [2.75, 3.05) is 0 Å². The van der Waals surface area contributed by atoms with Crippen molar-refractivity contribution in [1.82, 2.24) is 0 Å². The Labute approximate surface area is 137 Å². The van der Waals surface area contributed by atoms with Gasteiger partial charge < -0.3 is 0 Å². The average Bonchev–Trinajstić information content (AvgIpc) is 2.52. The largest absolute Gasteiger partial charge is 0.0829 e. The molecule has 2 unspecified atom stereocenters. The summed E-state index contributed by atoms with van der Waals surface area (Å²) < 4.78 is 0. The van der Waals surface area contributed by atoms with Gasteiger partial charge >= 0.3 is 0 Å². The average molecular weight is 392 g/mol. The molecule has 2 heteroatoms. The highest BCUT2D eigenvalue weighted by atomic mass is 79.9. The maximum atomic E-state index is 3.73. The zero-order valence-corrected chi connectivity index (χ0v) is 14.2. The molecular weight excluding hydrogens is 376 g/mol. The summed E-state index contributed by atoms with van der Waals surface area (Å²) in [6.07, 6.45) is 8.38. The minimum absolute atomic E-state index is 0.255. The highest BCUT2D eigenvalue weighted by Gasteiger charge is 2.13. The molecule has 0 radical (unpaired) electrons. The molecule has 0 heterocycles. The van der Waals surface area contributed by atoms with E-state index in [4.69, 9.17) is 0 Å². The fourth-order valence-corrected chi connectivity index (χ4v) is 2.78. The van der Waals surface area contributed by atoms with E-state index in [1.165, 1.54) is 11.1 Å². The van der Waals surface area contributed by atoms with Crippen LogP contribution in [0.3, 0.4) is 0 Å². The molecule has 2 rings (SSSR count). The Morgan fingerprint density at radius 3 is 2.00 bits per heavy atom. The Kier molecular flexibility index (Phi) is 6.28. The van der Waals surface area contributed by atoms with Crippen LogP contribution in [-0.4, -0.2) is 4.83 Å². The van der Waals surface area contributed by atoms with Crippen LogP contribution >= 0.6 is 31.9 Å². The predicted octanol–water partition coefficient (Wildman–Crippen LogP) is 6.16. The molecule has 0 aromatic heterocycles. The van der Waals surface area contributed by atoms with Crippen LogP contribution in [0.4, 0.5) is 0 Å². The predicted molar refractivity (Wildman–Crippen MR) is 95.4 cm³/mol. The van der Waals surface area contributed by atoms with Gasteiger partial charge in [0.05, 0.1) is 4.83 Å². The van der Waals surface area contributed by atoms with E-state index in [1.807, 2.05) is 24.3 Å². The lowest BCUT2D eigenvalue weighted by Crippen LogP contribution is -2.02. The van der Waals surface area contributed by atoms with Crippen molar-refractivity contribution >= 4 is 37.9 Å². The number of benzene rings is 2. The number of hydrogen-bond donors (Lipinski definition) is 0. The van der Waals surface area contributed by atoms with Gasteiger partial charge in [-0.25, -0.2) is 0 Å². The van der Waals surface area contributed by atoms with Gasteiger partial charge in [-0.05, 0) is 11.1 Å². The fourth-order valence-electron chi connectivity index (χ4n) is 1.82. The molecule has 2 aromatic carbocycles. The van der Waals surface area contributed by atoms with E-state index in [2.05, 4.69) is 92.6 Å². The smallest absolute Gasteiger partial charge is 0.0555 e. The van der Waals surface area contributed by atoms with E-state index in [0.29, 0.717) is 0 Å². The first-order valence-electron chi connectivity index (χ1n) is 6.50. The monoisotopic (exact) mass is 390 g/mol. The first kappa shape index (κ1) is 15.3. The highest BCUT2D eigenvalue weighted by molar-refractivity contribution is 9.12. The summed E-state index contributed by atoms with van der Waals surface area (Å²) in [5.41, 5.74) is 2.48. The molecule has 0 amide bonds. The van der Waals surface area contributed by atoms with Crippen molar-refractivity contribution < 1.29 is 0 Å². The van der Waals surface area contributed by atoms with E-state index in [9.17, 15) is 0 Å². The Hall–Kier alpha value is -1.12. The molecule has 0 nitrogen and oxygen atoms in total. The standard InChI is InChI=1S/C18H16Br2/c19-17(18(20)16-12-5-2-6-13-16)14-8-7-11-15-9-3-1-4-10-15/h1-14,17-18H/b11-7+,14-8+. The highest BCUT2D eigenvalue weighted by Crippen LogP contribution is 2.31. The van der Waals surface area contributed by atoms with Gasteiger partial charge in [0.15, 0.2) is 0 Å². The molecular formula is C18H16Br2. The van der Waals surface area contributed by atoms with E-state index < -0.39 is 0 Å². The molecule has 0 saturated heterocycles. The van der Waals surface area contributed by atoms with Crippen LogP contribution in [-0.2, 0) is 0 Å². The summed E-state index contributed by atoms with van der Waals surface area (Å²) in [5, 5.41) is 0. The van der Waals surface area contributed by atoms with Crippen LogP contribution in [0.25, 0.3) is 6.08 Å². The van der Waals surface area contributed by atoms with Gasteiger partial charge in [-0.1, -0.05) is 117 Å².